The largest absolute Gasteiger partial charge is 0.379 e. The zero-order valence-electron chi connectivity index (χ0n) is 10.8. The van der Waals surface area contributed by atoms with Gasteiger partial charge in [0, 0.05) is 22.9 Å². The first-order chi connectivity index (χ1) is 8.50. The minimum Gasteiger partial charge on any atom is -0.379 e. The molecular formula is C13H20N2O2S. The molecule has 2 heterocycles. The maximum absolute atomic E-state index is 12.0. The Morgan fingerprint density at radius 1 is 1.61 bits per heavy atom. The summed E-state index contributed by atoms with van der Waals surface area (Å²) in [5, 5.41) is 5.05. The van der Waals surface area contributed by atoms with Crippen LogP contribution in [0.15, 0.2) is 17.5 Å². The van der Waals surface area contributed by atoms with Crippen molar-refractivity contribution in [2.45, 2.75) is 25.3 Å². The summed E-state index contributed by atoms with van der Waals surface area (Å²) >= 11 is 1.71. The molecule has 0 radical (unpaired) electrons. The number of hydrogen-bond acceptors (Lipinski definition) is 4. The Labute approximate surface area is 112 Å². The lowest BCUT2D eigenvalue weighted by Crippen LogP contribution is -2.44. The van der Waals surface area contributed by atoms with Crippen LogP contribution in [0.25, 0.3) is 0 Å². The minimum atomic E-state index is -0.205. The molecule has 5 heteroatoms. The predicted octanol–water partition coefficient (Wildman–Crippen LogP) is 1.12. The molecule has 0 saturated carbocycles. The molecule has 4 nitrogen and oxygen atoms in total. The molecule has 1 fully saturated rings. The molecule has 2 unspecified atom stereocenters. The van der Waals surface area contributed by atoms with Gasteiger partial charge in [0.15, 0.2) is 0 Å². The fraction of sp³-hybridized carbons (Fsp3) is 0.615. The third-order valence-corrected chi connectivity index (χ3v) is 4.59. The fourth-order valence-corrected chi connectivity index (χ4v) is 2.88. The van der Waals surface area contributed by atoms with Crippen LogP contribution in [0.5, 0.6) is 0 Å². The monoisotopic (exact) mass is 268 g/mol. The first-order valence-electron chi connectivity index (χ1n) is 6.16. The molecular weight excluding hydrogens is 248 g/mol. The first-order valence-corrected chi connectivity index (χ1v) is 7.04. The molecule has 100 valence electrons. The molecule has 1 amide bonds. The maximum Gasteiger partial charge on any atom is 0.227 e. The highest BCUT2D eigenvalue weighted by Gasteiger charge is 2.32. The molecule has 18 heavy (non-hydrogen) atoms. The number of nitrogens with one attached hydrogen (secondary N) is 1. The SMILES string of the molecule is CC(C)(CNC(=O)C1COCC1N)c1cccs1. The number of amides is 1. The van der Waals surface area contributed by atoms with E-state index in [1.807, 2.05) is 6.07 Å². The van der Waals surface area contributed by atoms with Crippen LogP contribution >= 0.6 is 11.3 Å². The second kappa shape index (κ2) is 5.38. The molecule has 1 aliphatic rings. The van der Waals surface area contributed by atoms with Crippen LogP contribution in [-0.2, 0) is 14.9 Å². The van der Waals surface area contributed by atoms with E-state index in [9.17, 15) is 4.79 Å². The molecule has 1 aromatic rings. The third kappa shape index (κ3) is 2.91. The number of thiophene rings is 1. The van der Waals surface area contributed by atoms with E-state index in [1.165, 1.54) is 4.88 Å². The molecule has 1 saturated heterocycles. The summed E-state index contributed by atoms with van der Waals surface area (Å²) in [6.45, 7) is 5.79. The molecule has 0 spiro atoms. The second-order valence-corrected chi connectivity index (χ2v) is 6.33. The zero-order chi connectivity index (χ0) is 13.2. The molecule has 0 bridgehead atoms. The van der Waals surface area contributed by atoms with Crippen LogP contribution in [0.2, 0.25) is 0 Å². The van der Waals surface area contributed by atoms with Gasteiger partial charge in [0.2, 0.25) is 5.91 Å². The van der Waals surface area contributed by atoms with Gasteiger partial charge >= 0.3 is 0 Å². The van der Waals surface area contributed by atoms with E-state index in [1.54, 1.807) is 11.3 Å². The summed E-state index contributed by atoms with van der Waals surface area (Å²) in [5.41, 5.74) is 5.78. The molecule has 1 aromatic heterocycles. The van der Waals surface area contributed by atoms with Gasteiger partial charge in [-0.25, -0.2) is 0 Å². The molecule has 1 aliphatic heterocycles. The van der Waals surface area contributed by atoms with E-state index < -0.39 is 0 Å². The molecule has 0 aromatic carbocycles. The number of rotatable bonds is 4. The van der Waals surface area contributed by atoms with E-state index in [2.05, 4.69) is 30.6 Å². The summed E-state index contributed by atoms with van der Waals surface area (Å²) in [5.74, 6) is -0.200. The average Bonchev–Trinajstić information content (AvgIpc) is 2.96. The quantitative estimate of drug-likeness (QED) is 0.860. The van der Waals surface area contributed by atoms with Crippen molar-refractivity contribution in [3.05, 3.63) is 22.4 Å². The van der Waals surface area contributed by atoms with Crippen LogP contribution in [-0.4, -0.2) is 31.7 Å². The lowest BCUT2D eigenvalue weighted by atomic mass is 9.91. The van der Waals surface area contributed by atoms with Crippen molar-refractivity contribution in [2.24, 2.45) is 11.7 Å². The van der Waals surface area contributed by atoms with Crippen LogP contribution in [0.1, 0.15) is 18.7 Å². The van der Waals surface area contributed by atoms with Crippen molar-refractivity contribution >= 4 is 17.2 Å². The van der Waals surface area contributed by atoms with Gasteiger partial charge in [-0.05, 0) is 11.4 Å². The standard InChI is InChI=1S/C13H20N2O2S/c1-13(2,11-4-3-5-18-11)8-15-12(16)9-6-17-7-10(9)14/h3-5,9-10H,6-8,14H2,1-2H3,(H,15,16). The van der Waals surface area contributed by atoms with Gasteiger partial charge in [-0.2, -0.15) is 0 Å². The van der Waals surface area contributed by atoms with E-state index in [4.69, 9.17) is 10.5 Å². The highest BCUT2D eigenvalue weighted by Crippen LogP contribution is 2.26. The van der Waals surface area contributed by atoms with Gasteiger partial charge in [0.1, 0.15) is 0 Å². The van der Waals surface area contributed by atoms with Crippen molar-refractivity contribution in [3.63, 3.8) is 0 Å². The Hall–Kier alpha value is -0.910. The fourth-order valence-electron chi connectivity index (χ4n) is 2.03. The Morgan fingerprint density at radius 3 is 2.94 bits per heavy atom. The van der Waals surface area contributed by atoms with Crippen LogP contribution in [0.4, 0.5) is 0 Å². The summed E-state index contributed by atoms with van der Waals surface area (Å²) in [6.07, 6.45) is 0. The summed E-state index contributed by atoms with van der Waals surface area (Å²) in [6, 6.07) is 3.96. The van der Waals surface area contributed by atoms with Crippen molar-refractivity contribution in [2.75, 3.05) is 19.8 Å². The number of carbonyl (C=O) groups excluding carboxylic acids is 1. The summed E-state index contributed by atoms with van der Waals surface area (Å²) < 4.78 is 5.21. The van der Waals surface area contributed by atoms with Gasteiger partial charge in [0.25, 0.3) is 0 Å². The number of hydrogen-bond donors (Lipinski definition) is 2. The van der Waals surface area contributed by atoms with E-state index >= 15 is 0 Å². The predicted molar refractivity (Wildman–Crippen MR) is 72.6 cm³/mol. The second-order valence-electron chi connectivity index (χ2n) is 5.39. The highest BCUT2D eigenvalue weighted by atomic mass is 32.1. The van der Waals surface area contributed by atoms with Gasteiger partial charge in [-0.3, -0.25) is 4.79 Å². The lowest BCUT2D eigenvalue weighted by Gasteiger charge is -2.25. The van der Waals surface area contributed by atoms with Gasteiger partial charge < -0.3 is 15.8 Å². The van der Waals surface area contributed by atoms with Crippen molar-refractivity contribution in [3.8, 4) is 0 Å². The number of nitrogens with two attached hydrogens (primary N) is 1. The normalized spacial score (nSPS) is 24.2. The zero-order valence-corrected chi connectivity index (χ0v) is 11.6. The van der Waals surface area contributed by atoms with Gasteiger partial charge in [-0.15, -0.1) is 11.3 Å². The van der Waals surface area contributed by atoms with Crippen molar-refractivity contribution in [1.82, 2.24) is 5.32 Å². The topological polar surface area (TPSA) is 64.3 Å². The third-order valence-electron chi connectivity index (χ3n) is 3.35. The number of ether oxygens (including phenoxy) is 1. The van der Waals surface area contributed by atoms with Crippen LogP contribution < -0.4 is 11.1 Å². The van der Waals surface area contributed by atoms with Crippen molar-refractivity contribution in [1.29, 1.82) is 0 Å². The Morgan fingerprint density at radius 2 is 2.39 bits per heavy atom. The van der Waals surface area contributed by atoms with Crippen molar-refractivity contribution < 1.29 is 9.53 Å². The highest BCUT2D eigenvalue weighted by molar-refractivity contribution is 7.10. The summed E-state index contributed by atoms with van der Waals surface area (Å²) in [4.78, 5) is 13.3. The van der Waals surface area contributed by atoms with Crippen LogP contribution in [0.3, 0.4) is 0 Å². The lowest BCUT2D eigenvalue weighted by molar-refractivity contribution is -0.125. The van der Waals surface area contributed by atoms with Gasteiger partial charge in [-0.1, -0.05) is 19.9 Å². The Balaban J connectivity index is 1.89. The van der Waals surface area contributed by atoms with E-state index in [0.717, 1.165) is 0 Å². The van der Waals surface area contributed by atoms with Crippen LogP contribution in [0, 0.1) is 5.92 Å². The smallest absolute Gasteiger partial charge is 0.227 e. The molecule has 2 atom stereocenters. The van der Waals surface area contributed by atoms with Gasteiger partial charge in [0.05, 0.1) is 19.1 Å². The minimum absolute atomic E-state index is 0.00429. The average molecular weight is 268 g/mol. The summed E-state index contributed by atoms with van der Waals surface area (Å²) in [7, 11) is 0. The molecule has 3 N–H and O–H groups in total. The Kier molecular flexibility index (Phi) is 4.04. The van der Waals surface area contributed by atoms with E-state index in [-0.39, 0.29) is 23.3 Å². The maximum atomic E-state index is 12.0. The first kappa shape index (κ1) is 13.5. The molecule has 0 aliphatic carbocycles. The van der Waals surface area contributed by atoms with E-state index in [0.29, 0.717) is 19.8 Å². The number of carbonyl (C=O) groups is 1. The molecule has 2 rings (SSSR count). The Bertz CT molecular complexity index is 403.